The molecule has 0 bridgehead atoms. The minimum Gasteiger partial charge on any atom is -0.477 e. The van der Waals surface area contributed by atoms with Crippen LogP contribution in [0, 0.1) is 41.9 Å². The molecule has 1 aromatic heterocycles. The SMILES string of the molecule is Cc1c(C#CC(C)(C)C)sc(C(=O)O)c1N(C(=O)C1CCC(C)CC1)C1CC(CN(C)C)C1. The molecule has 2 aliphatic rings. The summed E-state index contributed by atoms with van der Waals surface area (Å²) in [5.41, 5.74) is 1.26. The van der Waals surface area contributed by atoms with Crippen molar-refractivity contribution in [2.45, 2.75) is 79.2 Å². The minimum atomic E-state index is -0.971. The largest absolute Gasteiger partial charge is 0.477 e. The van der Waals surface area contributed by atoms with Crippen molar-refractivity contribution in [3.05, 3.63) is 15.3 Å². The van der Waals surface area contributed by atoms with Gasteiger partial charge in [0.2, 0.25) is 5.91 Å². The molecular formula is C27H40N2O3S. The summed E-state index contributed by atoms with van der Waals surface area (Å²) < 4.78 is 0. The van der Waals surface area contributed by atoms with Gasteiger partial charge >= 0.3 is 5.97 Å². The molecule has 1 amide bonds. The maximum Gasteiger partial charge on any atom is 0.348 e. The number of anilines is 1. The summed E-state index contributed by atoms with van der Waals surface area (Å²) in [5.74, 6) is 6.79. The average Bonchev–Trinajstić information content (AvgIpc) is 3.01. The molecule has 0 aromatic carbocycles. The Morgan fingerprint density at radius 1 is 1.12 bits per heavy atom. The first kappa shape index (κ1) is 25.8. The van der Waals surface area contributed by atoms with Gasteiger partial charge < -0.3 is 14.9 Å². The highest BCUT2D eigenvalue weighted by molar-refractivity contribution is 7.15. The van der Waals surface area contributed by atoms with Crippen LogP contribution in [0.5, 0.6) is 0 Å². The van der Waals surface area contributed by atoms with E-state index in [1.54, 1.807) is 0 Å². The third kappa shape index (κ3) is 6.19. The Balaban J connectivity index is 2.00. The Bertz CT molecular complexity index is 933. The van der Waals surface area contributed by atoms with E-state index in [4.69, 9.17) is 0 Å². The van der Waals surface area contributed by atoms with Gasteiger partial charge in [0.15, 0.2) is 0 Å². The zero-order valence-corrected chi connectivity index (χ0v) is 22.1. The first-order valence-electron chi connectivity index (χ1n) is 12.2. The number of hydrogen-bond donors (Lipinski definition) is 1. The number of aromatic carboxylic acids is 1. The number of nitrogens with zero attached hydrogens (tertiary/aromatic N) is 2. The summed E-state index contributed by atoms with van der Waals surface area (Å²) in [6.45, 7) is 11.3. The Labute approximate surface area is 203 Å². The van der Waals surface area contributed by atoms with Crippen molar-refractivity contribution in [2.24, 2.45) is 23.2 Å². The van der Waals surface area contributed by atoms with Gasteiger partial charge in [-0.2, -0.15) is 0 Å². The van der Waals surface area contributed by atoms with Gasteiger partial charge in [0.25, 0.3) is 0 Å². The van der Waals surface area contributed by atoms with E-state index in [0.29, 0.717) is 17.5 Å². The van der Waals surface area contributed by atoms with Crippen molar-refractivity contribution >= 4 is 28.9 Å². The van der Waals surface area contributed by atoms with E-state index in [2.05, 4.69) is 37.8 Å². The number of carboxylic acids is 1. The van der Waals surface area contributed by atoms with Gasteiger partial charge in [-0.3, -0.25) is 4.79 Å². The Morgan fingerprint density at radius 2 is 1.73 bits per heavy atom. The van der Waals surface area contributed by atoms with Gasteiger partial charge in [0.1, 0.15) is 4.88 Å². The molecule has 33 heavy (non-hydrogen) atoms. The fourth-order valence-electron chi connectivity index (χ4n) is 5.06. The topological polar surface area (TPSA) is 60.9 Å². The molecule has 6 heteroatoms. The van der Waals surface area contributed by atoms with E-state index < -0.39 is 5.97 Å². The molecule has 0 saturated heterocycles. The summed E-state index contributed by atoms with van der Waals surface area (Å²) in [4.78, 5) is 31.3. The monoisotopic (exact) mass is 472 g/mol. The third-order valence-electron chi connectivity index (χ3n) is 6.90. The third-order valence-corrected chi connectivity index (χ3v) is 8.09. The molecule has 1 heterocycles. The lowest BCUT2D eigenvalue weighted by Gasteiger charge is -2.45. The zero-order chi connectivity index (χ0) is 24.5. The van der Waals surface area contributed by atoms with Gasteiger partial charge in [0, 0.05) is 29.5 Å². The van der Waals surface area contributed by atoms with Crippen LogP contribution in [0.25, 0.3) is 0 Å². The second kappa shape index (κ2) is 10.2. The Hall–Kier alpha value is -1.84. The van der Waals surface area contributed by atoms with E-state index in [9.17, 15) is 14.7 Å². The first-order chi connectivity index (χ1) is 15.4. The molecule has 0 radical (unpaired) electrons. The lowest BCUT2D eigenvalue weighted by atomic mass is 9.77. The highest BCUT2D eigenvalue weighted by atomic mass is 32.1. The van der Waals surface area contributed by atoms with Crippen molar-refractivity contribution in [2.75, 3.05) is 25.5 Å². The smallest absolute Gasteiger partial charge is 0.348 e. The highest BCUT2D eigenvalue weighted by Crippen LogP contribution is 2.44. The summed E-state index contributed by atoms with van der Waals surface area (Å²) in [6, 6.07) is 0.0663. The molecule has 3 rings (SSSR count). The fourth-order valence-corrected chi connectivity index (χ4v) is 6.05. The van der Waals surface area contributed by atoms with Crippen molar-refractivity contribution in [1.29, 1.82) is 0 Å². The van der Waals surface area contributed by atoms with Crippen LogP contribution in [-0.2, 0) is 4.79 Å². The van der Waals surface area contributed by atoms with Crippen LogP contribution in [0.15, 0.2) is 0 Å². The van der Waals surface area contributed by atoms with Gasteiger partial charge in [-0.05, 0) is 92.2 Å². The van der Waals surface area contributed by atoms with E-state index in [1.807, 2.05) is 32.6 Å². The van der Waals surface area contributed by atoms with Gasteiger partial charge in [-0.25, -0.2) is 4.79 Å². The number of carbonyl (C=O) groups is 2. The van der Waals surface area contributed by atoms with E-state index in [-0.39, 0.29) is 28.2 Å². The molecule has 2 aliphatic carbocycles. The van der Waals surface area contributed by atoms with Crippen LogP contribution in [0.1, 0.15) is 86.3 Å². The van der Waals surface area contributed by atoms with E-state index >= 15 is 0 Å². The maximum absolute atomic E-state index is 13.9. The Morgan fingerprint density at radius 3 is 2.24 bits per heavy atom. The molecule has 0 spiro atoms. The maximum atomic E-state index is 13.9. The number of carbonyl (C=O) groups excluding carboxylic acids is 1. The van der Waals surface area contributed by atoms with Crippen molar-refractivity contribution in [1.82, 2.24) is 4.90 Å². The standard InChI is InChI=1S/C27H40N2O3S/c1-17-8-10-20(11-9-17)25(30)29(21-14-19(15-21)16-28(6)7)23-18(2)22(12-13-27(3,4)5)33-24(23)26(31)32/h17,19-21H,8-11,14-16H2,1-7H3,(H,31,32). The fraction of sp³-hybridized carbons (Fsp3) is 0.704. The summed E-state index contributed by atoms with van der Waals surface area (Å²) in [7, 11) is 4.15. The molecule has 1 N–H and O–H groups in total. The molecule has 182 valence electrons. The number of rotatable bonds is 6. The minimum absolute atomic E-state index is 0.0147. The number of thiophene rings is 1. The molecule has 2 saturated carbocycles. The van der Waals surface area contributed by atoms with E-state index in [1.165, 1.54) is 11.3 Å². The second-order valence-corrected chi connectivity index (χ2v) is 12.5. The molecular weight excluding hydrogens is 432 g/mol. The zero-order valence-electron chi connectivity index (χ0n) is 21.3. The molecule has 0 aliphatic heterocycles. The van der Waals surface area contributed by atoms with Gasteiger partial charge in [-0.15, -0.1) is 11.3 Å². The van der Waals surface area contributed by atoms with Crippen molar-refractivity contribution in [3.63, 3.8) is 0 Å². The summed E-state index contributed by atoms with van der Waals surface area (Å²) >= 11 is 1.22. The molecule has 0 unspecified atom stereocenters. The van der Waals surface area contributed by atoms with Crippen LogP contribution in [0.4, 0.5) is 5.69 Å². The predicted molar refractivity (Wildman–Crippen MR) is 136 cm³/mol. The van der Waals surface area contributed by atoms with Crippen molar-refractivity contribution < 1.29 is 14.7 Å². The molecule has 0 atom stereocenters. The predicted octanol–water partition coefficient (Wildman–Crippen LogP) is 5.65. The number of carboxylic acid groups (broad SMARTS) is 1. The van der Waals surface area contributed by atoms with Crippen LogP contribution < -0.4 is 4.90 Å². The van der Waals surface area contributed by atoms with Gasteiger partial charge in [0.05, 0.1) is 10.6 Å². The average molecular weight is 473 g/mol. The van der Waals surface area contributed by atoms with Crippen LogP contribution in [-0.4, -0.2) is 48.6 Å². The number of hydrogen-bond acceptors (Lipinski definition) is 4. The molecule has 5 nitrogen and oxygen atoms in total. The van der Waals surface area contributed by atoms with Crippen LogP contribution >= 0.6 is 11.3 Å². The number of amides is 1. The summed E-state index contributed by atoms with van der Waals surface area (Å²) in [5, 5.41) is 10.1. The first-order valence-corrected chi connectivity index (χ1v) is 13.1. The molecule has 2 fully saturated rings. The van der Waals surface area contributed by atoms with Crippen molar-refractivity contribution in [3.8, 4) is 11.8 Å². The molecule has 1 aromatic rings. The second-order valence-electron chi connectivity index (χ2n) is 11.5. The van der Waals surface area contributed by atoms with Crippen LogP contribution in [0.2, 0.25) is 0 Å². The normalized spacial score (nSPS) is 25.2. The van der Waals surface area contributed by atoms with E-state index in [0.717, 1.165) is 55.5 Å². The Kier molecular flexibility index (Phi) is 7.96. The van der Waals surface area contributed by atoms with Crippen LogP contribution in [0.3, 0.4) is 0 Å². The lowest BCUT2D eigenvalue weighted by Crippen LogP contribution is -2.52. The highest BCUT2D eigenvalue weighted by Gasteiger charge is 2.42. The van der Waals surface area contributed by atoms with Gasteiger partial charge in [-0.1, -0.05) is 18.8 Å². The quantitative estimate of drug-likeness (QED) is 0.543. The lowest BCUT2D eigenvalue weighted by molar-refractivity contribution is -0.124. The summed E-state index contributed by atoms with van der Waals surface area (Å²) in [6.07, 6.45) is 5.76.